The highest BCUT2D eigenvalue weighted by Crippen LogP contribution is 2.33. The minimum Gasteiger partial charge on any atom is -0.399 e. The third-order valence-corrected chi connectivity index (χ3v) is 4.45. The second-order valence-electron chi connectivity index (χ2n) is 4.21. The van der Waals surface area contributed by atoms with Crippen LogP contribution in [0, 0.1) is 0 Å². The molecule has 0 radical (unpaired) electrons. The molecule has 0 aliphatic heterocycles. The van der Waals surface area contributed by atoms with Crippen molar-refractivity contribution < 1.29 is 0 Å². The molecule has 0 spiro atoms. The van der Waals surface area contributed by atoms with E-state index in [2.05, 4.69) is 19.1 Å². The molecule has 1 atom stereocenters. The van der Waals surface area contributed by atoms with Crippen molar-refractivity contribution >= 4 is 29.1 Å². The molecule has 0 amide bonds. The maximum atomic E-state index is 6.15. The third kappa shape index (κ3) is 3.44. The Hall–Kier alpha value is -1.12. The molecule has 0 fully saturated rings. The maximum Gasteiger partial charge on any atom is 0.0446 e. The van der Waals surface area contributed by atoms with Gasteiger partial charge in [0, 0.05) is 21.7 Å². The number of anilines is 1. The number of hydrogen-bond acceptors (Lipinski definition) is 2. The molecular weight excluding hydrogens is 262 g/mol. The van der Waals surface area contributed by atoms with E-state index in [4.69, 9.17) is 17.3 Å². The van der Waals surface area contributed by atoms with E-state index in [-0.39, 0.29) is 0 Å². The fourth-order valence-corrected chi connectivity index (χ4v) is 3.04. The average molecular weight is 278 g/mol. The van der Waals surface area contributed by atoms with E-state index in [1.807, 2.05) is 48.2 Å². The second-order valence-corrected chi connectivity index (χ2v) is 5.95. The topological polar surface area (TPSA) is 26.0 Å². The number of nitrogen functional groups attached to an aromatic ring is 1. The van der Waals surface area contributed by atoms with Crippen LogP contribution < -0.4 is 5.73 Å². The van der Waals surface area contributed by atoms with Crippen molar-refractivity contribution in [3.8, 4) is 0 Å². The minimum atomic E-state index is 0.407. The maximum absolute atomic E-state index is 6.15. The van der Waals surface area contributed by atoms with Crippen molar-refractivity contribution in [2.45, 2.75) is 17.9 Å². The van der Waals surface area contributed by atoms with Crippen molar-refractivity contribution in [2.24, 2.45) is 0 Å². The molecule has 1 unspecified atom stereocenters. The normalized spacial score (nSPS) is 12.3. The molecule has 94 valence electrons. The quantitative estimate of drug-likeness (QED) is 0.803. The Morgan fingerprint density at radius 1 is 1.17 bits per heavy atom. The molecule has 0 bridgehead atoms. The van der Waals surface area contributed by atoms with Gasteiger partial charge in [-0.25, -0.2) is 0 Å². The zero-order valence-electron chi connectivity index (χ0n) is 10.3. The van der Waals surface area contributed by atoms with Crippen LogP contribution in [0.3, 0.4) is 0 Å². The molecule has 0 heterocycles. The molecule has 0 aliphatic rings. The van der Waals surface area contributed by atoms with Crippen LogP contribution >= 0.6 is 23.4 Å². The molecule has 0 aromatic heterocycles. The molecule has 3 heteroatoms. The molecule has 2 N–H and O–H groups in total. The lowest BCUT2D eigenvalue weighted by Gasteiger charge is -2.12. The summed E-state index contributed by atoms with van der Waals surface area (Å²) in [7, 11) is 0. The smallest absolute Gasteiger partial charge is 0.0446 e. The van der Waals surface area contributed by atoms with E-state index in [1.54, 1.807) is 0 Å². The number of thioether (sulfide) groups is 1. The number of halogens is 1. The van der Waals surface area contributed by atoms with Gasteiger partial charge in [0.2, 0.25) is 0 Å². The average Bonchev–Trinajstić information content (AvgIpc) is 2.37. The molecule has 2 aromatic carbocycles. The largest absolute Gasteiger partial charge is 0.399 e. The van der Waals surface area contributed by atoms with Crippen molar-refractivity contribution in [3.63, 3.8) is 0 Å². The zero-order valence-corrected chi connectivity index (χ0v) is 11.8. The number of rotatable bonds is 4. The van der Waals surface area contributed by atoms with Gasteiger partial charge in [-0.1, -0.05) is 41.9 Å². The highest BCUT2D eigenvalue weighted by atomic mass is 35.5. The zero-order chi connectivity index (χ0) is 13.0. The lowest BCUT2D eigenvalue weighted by molar-refractivity contribution is 1.10. The van der Waals surface area contributed by atoms with Gasteiger partial charge in [0.1, 0.15) is 0 Å². The van der Waals surface area contributed by atoms with Crippen LogP contribution in [0.4, 0.5) is 5.69 Å². The lowest BCUT2D eigenvalue weighted by Crippen LogP contribution is -1.92. The summed E-state index contributed by atoms with van der Waals surface area (Å²) in [6.45, 7) is 2.19. The third-order valence-electron chi connectivity index (χ3n) is 2.83. The summed E-state index contributed by atoms with van der Waals surface area (Å²) in [6.07, 6.45) is 0. The first-order valence-electron chi connectivity index (χ1n) is 5.87. The van der Waals surface area contributed by atoms with E-state index in [0.29, 0.717) is 5.25 Å². The second kappa shape index (κ2) is 6.17. The summed E-state index contributed by atoms with van der Waals surface area (Å²) in [6, 6.07) is 16.0. The summed E-state index contributed by atoms with van der Waals surface area (Å²) in [5.41, 5.74) is 9.05. The van der Waals surface area contributed by atoms with Crippen LogP contribution in [0.5, 0.6) is 0 Å². The lowest BCUT2D eigenvalue weighted by atomic mass is 10.1. The minimum absolute atomic E-state index is 0.407. The van der Waals surface area contributed by atoms with Crippen molar-refractivity contribution in [3.05, 3.63) is 64.7 Å². The van der Waals surface area contributed by atoms with Crippen LogP contribution in [-0.4, -0.2) is 0 Å². The van der Waals surface area contributed by atoms with E-state index >= 15 is 0 Å². The first kappa shape index (κ1) is 13.3. The van der Waals surface area contributed by atoms with Crippen molar-refractivity contribution in [2.75, 3.05) is 5.73 Å². The predicted molar refractivity (Wildman–Crippen MR) is 82.0 cm³/mol. The Morgan fingerprint density at radius 2 is 1.94 bits per heavy atom. The van der Waals surface area contributed by atoms with Gasteiger partial charge < -0.3 is 5.73 Å². The first-order chi connectivity index (χ1) is 8.66. The van der Waals surface area contributed by atoms with Gasteiger partial charge in [0.15, 0.2) is 0 Å². The Balaban J connectivity index is 2.00. The van der Waals surface area contributed by atoms with Gasteiger partial charge in [-0.15, -0.1) is 11.8 Å². The fraction of sp³-hybridized carbons (Fsp3) is 0.200. The van der Waals surface area contributed by atoms with E-state index < -0.39 is 0 Å². The van der Waals surface area contributed by atoms with Gasteiger partial charge in [-0.05, 0) is 36.2 Å². The van der Waals surface area contributed by atoms with Gasteiger partial charge >= 0.3 is 0 Å². The van der Waals surface area contributed by atoms with Gasteiger partial charge in [-0.3, -0.25) is 0 Å². The summed E-state index contributed by atoms with van der Waals surface area (Å²) in [5.74, 6) is 0.912. The Bertz CT molecular complexity index is 527. The van der Waals surface area contributed by atoms with Gasteiger partial charge in [0.25, 0.3) is 0 Å². The first-order valence-corrected chi connectivity index (χ1v) is 7.30. The standard InChI is InChI=1S/C15H16ClNS/c1-11(12-6-4-7-14(17)9-12)18-10-13-5-2-3-8-15(13)16/h2-9,11H,10,17H2,1H3. The summed E-state index contributed by atoms with van der Waals surface area (Å²) in [5, 5.41) is 1.24. The van der Waals surface area contributed by atoms with Gasteiger partial charge in [0.05, 0.1) is 0 Å². The molecule has 2 rings (SSSR count). The fourth-order valence-electron chi connectivity index (χ4n) is 1.74. The molecule has 18 heavy (non-hydrogen) atoms. The summed E-state index contributed by atoms with van der Waals surface area (Å²) < 4.78 is 0. The Morgan fingerprint density at radius 3 is 2.67 bits per heavy atom. The van der Waals surface area contributed by atoms with E-state index in [1.165, 1.54) is 11.1 Å². The van der Waals surface area contributed by atoms with Crippen LogP contribution in [0.15, 0.2) is 48.5 Å². The van der Waals surface area contributed by atoms with Gasteiger partial charge in [-0.2, -0.15) is 0 Å². The Kier molecular flexibility index (Phi) is 4.56. The van der Waals surface area contributed by atoms with Crippen LogP contribution in [-0.2, 0) is 5.75 Å². The summed E-state index contributed by atoms with van der Waals surface area (Å²) in [4.78, 5) is 0. The molecule has 0 saturated heterocycles. The van der Waals surface area contributed by atoms with Crippen molar-refractivity contribution in [1.82, 2.24) is 0 Å². The van der Waals surface area contributed by atoms with Crippen LogP contribution in [0.2, 0.25) is 5.02 Å². The predicted octanol–water partition coefficient (Wildman–Crippen LogP) is 4.92. The number of nitrogens with two attached hydrogens (primary N) is 1. The monoisotopic (exact) mass is 277 g/mol. The van der Waals surface area contributed by atoms with Crippen LogP contribution in [0.25, 0.3) is 0 Å². The molecule has 0 saturated carbocycles. The number of benzene rings is 2. The Labute approximate surface area is 117 Å². The van der Waals surface area contributed by atoms with Crippen LogP contribution in [0.1, 0.15) is 23.3 Å². The molecule has 1 nitrogen and oxygen atoms in total. The van der Waals surface area contributed by atoms with E-state index in [0.717, 1.165) is 16.5 Å². The summed E-state index contributed by atoms with van der Waals surface area (Å²) >= 11 is 8.01. The highest BCUT2D eigenvalue weighted by molar-refractivity contribution is 7.98. The number of hydrogen-bond donors (Lipinski definition) is 1. The molecular formula is C15H16ClNS. The SMILES string of the molecule is CC(SCc1ccccc1Cl)c1cccc(N)c1. The molecule has 2 aromatic rings. The van der Waals surface area contributed by atoms with E-state index in [9.17, 15) is 0 Å². The molecule has 0 aliphatic carbocycles. The highest BCUT2D eigenvalue weighted by Gasteiger charge is 2.07. The van der Waals surface area contributed by atoms with Crippen molar-refractivity contribution in [1.29, 1.82) is 0 Å².